The van der Waals surface area contributed by atoms with E-state index in [4.69, 9.17) is 20.9 Å². The SMILES string of the molecule is O=C(COc1cc(C(F)(F)F)nn1-c1ccccc1Cl)Nc1ccc(S(=O)(=O)O)cc1. The van der Waals surface area contributed by atoms with Crippen LogP contribution in [0.3, 0.4) is 0 Å². The number of amides is 1. The lowest BCUT2D eigenvalue weighted by atomic mass is 10.3. The lowest BCUT2D eigenvalue weighted by Crippen LogP contribution is -2.21. The normalized spacial score (nSPS) is 11.9. The van der Waals surface area contributed by atoms with Gasteiger partial charge in [0, 0.05) is 11.8 Å². The van der Waals surface area contributed by atoms with Crippen LogP contribution in [-0.4, -0.2) is 35.3 Å². The molecular weight excluding hydrogens is 463 g/mol. The molecule has 0 saturated carbocycles. The standard InChI is InChI=1S/C18H13ClF3N3O5S/c19-13-3-1-2-4-14(13)25-17(9-15(24-25)18(20,21)22)30-10-16(26)23-11-5-7-12(8-6-11)31(27,28)29/h1-9H,10H2,(H,23,26)(H,27,28,29). The van der Waals surface area contributed by atoms with Crippen molar-refractivity contribution >= 4 is 33.3 Å². The van der Waals surface area contributed by atoms with Crippen molar-refractivity contribution in [3.8, 4) is 11.6 Å². The van der Waals surface area contributed by atoms with E-state index in [9.17, 15) is 26.4 Å². The average Bonchev–Trinajstić information content (AvgIpc) is 3.11. The molecule has 0 aliphatic carbocycles. The first-order valence-corrected chi connectivity index (χ1v) is 10.2. The van der Waals surface area contributed by atoms with E-state index in [-0.39, 0.29) is 27.2 Å². The molecule has 0 aliphatic heterocycles. The lowest BCUT2D eigenvalue weighted by Gasteiger charge is -2.11. The highest BCUT2D eigenvalue weighted by Crippen LogP contribution is 2.33. The van der Waals surface area contributed by atoms with Crippen molar-refractivity contribution in [3.05, 3.63) is 65.3 Å². The van der Waals surface area contributed by atoms with Crippen LogP contribution in [-0.2, 0) is 21.1 Å². The maximum Gasteiger partial charge on any atom is 0.435 e. The molecule has 2 aromatic carbocycles. The van der Waals surface area contributed by atoms with Gasteiger partial charge in [-0.1, -0.05) is 23.7 Å². The molecule has 13 heteroatoms. The zero-order valence-corrected chi connectivity index (χ0v) is 16.9. The maximum absolute atomic E-state index is 13.1. The Bertz CT molecular complexity index is 1210. The van der Waals surface area contributed by atoms with Crippen LogP contribution < -0.4 is 10.1 Å². The molecule has 0 unspecified atom stereocenters. The lowest BCUT2D eigenvalue weighted by molar-refractivity contribution is -0.141. The Morgan fingerprint density at radius 3 is 2.39 bits per heavy atom. The van der Waals surface area contributed by atoms with Gasteiger partial charge in [0.15, 0.2) is 12.3 Å². The van der Waals surface area contributed by atoms with E-state index in [2.05, 4.69) is 10.4 Å². The molecule has 3 aromatic rings. The molecule has 0 saturated heterocycles. The largest absolute Gasteiger partial charge is 0.467 e. The number of benzene rings is 2. The minimum atomic E-state index is -4.75. The van der Waals surface area contributed by atoms with Crippen molar-refractivity contribution in [2.75, 3.05) is 11.9 Å². The molecule has 164 valence electrons. The molecule has 2 N–H and O–H groups in total. The molecule has 0 fully saturated rings. The van der Waals surface area contributed by atoms with Gasteiger partial charge in [-0.3, -0.25) is 9.35 Å². The van der Waals surface area contributed by atoms with Crippen molar-refractivity contribution in [2.24, 2.45) is 0 Å². The fourth-order valence-corrected chi connectivity index (χ4v) is 3.14. The van der Waals surface area contributed by atoms with Crippen LogP contribution in [0, 0.1) is 0 Å². The molecular formula is C18H13ClF3N3O5S. The van der Waals surface area contributed by atoms with Gasteiger partial charge in [-0.15, -0.1) is 0 Å². The predicted molar refractivity (Wildman–Crippen MR) is 104 cm³/mol. The molecule has 0 bridgehead atoms. The summed E-state index contributed by atoms with van der Waals surface area (Å²) < 4.78 is 76.3. The Morgan fingerprint density at radius 1 is 1.16 bits per heavy atom. The van der Waals surface area contributed by atoms with Gasteiger partial charge in [0.25, 0.3) is 16.0 Å². The van der Waals surface area contributed by atoms with E-state index in [1.54, 1.807) is 12.1 Å². The number of para-hydroxylation sites is 1. The molecule has 1 aromatic heterocycles. The summed E-state index contributed by atoms with van der Waals surface area (Å²) in [5.74, 6) is -1.10. The first kappa shape index (κ1) is 22.6. The maximum atomic E-state index is 13.1. The number of anilines is 1. The van der Waals surface area contributed by atoms with E-state index in [0.29, 0.717) is 6.07 Å². The van der Waals surface area contributed by atoms with Gasteiger partial charge < -0.3 is 10.1 Å². The van der Waals surface area contributed by atoms with Gasteiger partial charge in [0.05, 0.1) is 15.6 Å². The fourth-order valence-electron chi connectivity index (χ4n) is 2.45. The fraction of sp³-hybridized carbons (Fsp3) is 0.111. The quantitative estimate of drug-likeness (QED) is 0.524. The molecule has 0 radical (unpaired) electrons. The summed E-state index contributed by atoms with van der Waals surface area (Å²) in [4.78, 5) is 11.7. The molecule has 8 nitrogen and oxygen atoms in total. The van der Waals surface area contributed by atoms with Crippen LogP contribution in [0.4, 0.5) is 18.9 Å². The van der Waals surface area contributed by atoms with E-state index < -0.39 is 34.5 Å². The Labute approximate surface area is 179 Å². The number of nitrogens with zero attached hydrogens (tertiary/aromatic N) is 2. The summed E-state index contributed by atoms with van der Waals surface area (Å²) in [6, 6.07) is 11.2. The number of carbonyl (C=O) groups is 1. The molecule has 0 atom stereocenters. The Balaban J connectivity index is 1.77. The second-order valence-corrected chi connectivity index (χ2v) is 7.89. The van der Waals surface area contributed by atoms with Crippen LogP contribution in [0.25, 0.3) is 5.69 Å². The smallest absolute Gasteiger partial charge is 0.435 e. The van der Waals surface area contributed by atoms with Crippen molar-refractivity contribution in [2.45, 2.75) is 11.1 Å². The van der Waals surface area contributed by atoms with Crippen LogP contribution in [0.1, 0.15) is 5.69 Å². The number of alkyl halides is 3. The Kier molecular flexibility index (Phi) is 6.25. The molecule has 0 aliphatic rings. The third-order valence-electron chi connectivity index (χ3n) is 3.83. The minimum absolute atomic E-state index is 0.118. The summed E-state index contributed by atoms with van der Waals surface area (Å²) in [5.41, 5.74) is -0.934. The van der Waals surface area contributed by atoms with Crippen LogP contribution in [0.2, 0.25) is 5.02 Å². The van der Waals surface area contributed by atoms with Gasteiger partial charge in [-0.2, -0.15) is 31.4 Å². The number of rotatable bonds is 6. The first-order chi connectivity index (χ1) is 14.4. The van der Waals surface area contributed by atoms with E-state index in [1.165, 1.54) is 24.3 Å². The van der Waals surface area contributed by atoms with Crippen molar-refractivity contribution in [1.29, 1.82) is 0 Å². The molecule has 3 rings (SSSR count). The Morgan fingerprint density at radius 2 is 1.81 bits per heavy atom. The third-order valence-corrected chi connectivity index (χ3v) is 5.02. The third kappa shape index (κ3) is 5.54. The number of carbonyl (C=O) groups excluding carboxylic acids is 1. The second-order valence-electron chi connectivity index (χ2n) is 6.07. The monoisotopic (exact) mass is 475 g/mol. The zero-order valence-electron chi connectivity index (χ0n) is 15.3. The van der Waals surface area contributed by atoms with Gasteiger partial charge >= 0.3 is 6.18 Å². The van der Waals surface area contributed by atoms with Crippen molar-refractivity contribution < 1.29 is 35.7 Å². The van der Waals surface area contributed by atoms with E-state index >= 15 is 0 Å². The highest BCUT2D eigenvalue weighted by Gasteiger charge is 2.36. The van der Waals surface area contributed by atoms with E-state index in [1.807, 2.05) is 0 Å². The van der Waals surface area contributed by atoms with Crippen molar-refractivity contribution in [1.82, 2.24) is 9.78 Å². The van der Waals surface area contributed by atoms with Crippen LogP contribution >= 0.6 is 11.6 Å². The molecule has 0 spiro atoms. The number of ether oxygens (including phenoxy) is 1. The summed E-state index contributed by atoms with van der Waals surface area (Å²) in [7, 11) is -4.39. The Hall–Kier alpha value is -3.09. The average molecular weight is 476 g/mol. The van der Waals surface area contributed by atoms with Gasteiger partial charge in [-0.05, 0) is 36.4 Å². The van der Waals surface area contributed by atoms with Crippen LogP contribution in [0.5, 0.6) is 5.88 Å². The first-order valence-electron chi connectivity index (χ1n) is 8.37. The summed E-state index contributed by atoms with van der Waals surface area (Å²) in [6.45, 7) is -0.673. The van der Waals surface area contributed by atoms with Crippen molar-refractivity contribution in [3.63, 3.8) is 0 Å². The highest BCUT2D eigenvalue weighted by atomic mass is 35.5. The van der Waals surface area contributed by atoms with E-state index in [0.717, 1.165) is 16.8 Å². The minimum Gasteiger partial charge on any atom is -0.467 e. The number of aromatic nitrogens is 2. The molecule has 31 heavy (non-hydrogen) atoms. The summed E-state index contributed by atoms with van der Waals surface area (Å²) in [6.07, 6.45) is -4.75. The zero-order chi connectivity index (χ0) is 22.8. The predicted octanol–water partition coefficient (Wildman–Crippen LogP) is 3.81. The summed E-state index contributed by atoms with van der Waals surface area (Å²) in [5, 5.41) is 5.98. The second kappa shape index (κ2) is 8.57. The molecule has 1 heterocycles. The topological polar surface area (TPSA) is 111 Å². The number of halogens is 4. The van der Waals surface area contributed by atoms with Gasteiger partial charge in [-0.25, -0.2) is 0 Å². The van der Waals surface area contributed by atoms with Gasteiger partial charge in [0.1, 0.15) is 0 Å². The molecule has 1 amide bonds. The van der Waals surface area contributed by atoms with Crippen LogP contribution in [0.15, 0.2) is 59.5 Å². The number of hydrogen-bond donors (Lipinski definition) is 2. The number of hydrogen-bond acceptors (Lipinski definition) is 5. The summed E-state index contributed by atoms with van der Waals surface area (Å²) >= 11 is 6.03. The van der Waals surface area contributed by atoms with Gasteiger partial charge in [0.2, 0.25) is 5.88 Å². The number of nitrogens with one attached hydrogen (secondary N) is 1. The highest BCUT2D eigenvalue weighted by molar-refractivity contribution is 7.85.